The van der Waals surface area contributed by atoms with Crippen molar-refractivity contribution in [2.75, 3.05) is 0 Å². The standard InChI is InChI=1S/C17H14O3/c18-15(9-7-13-3-1-5-16(19)11-13)10-8-14-4-2-6-17(20)12-14/h1-12,19-20H/b9-7+,10-8?. The highest BCUT2D eigenvalue weighted by molar-refractivity contribution is 6.04. The van der Waals surface area contributed by atoms with E-state index in [0.717, 1.165) is 11.1 Å². The third-order valence-corrected chi connectivity index (χ3v) is 2.62. The molecule has 20 heavy (non-hydrogen) atoms. The van der Waals surface area contributed by atoms with E-state index in [0.29, 0.717) is 0 Å². The maximum Gasteiger partial charge on any atom is 0.178 e. The Hall–Kier alpha value is -2.81. The summed E-state index contributed by atoms with van der Waals surface area (Å²) < 4.78 is 0. The number of carbonyl (C=O) groups is 1. The van der Waals surface area contributed by atoms with E-state index in [4.69, 9.17) is 0 Å². The van der Waals surface area contributed by atoms with E-state index in [1.807, 2.05) is 0 Å². The monoisotopic (exact) mass is 266 g/mol. The van der Waals surface area contributed by atoms with Gasteiger partial charge in [-0.05, 0) is 47.5 Å². The first-order valence-electron chi connectivity index (χ1n) is 6.12. The summed E-state index contributed by atoms with van der Waals surface area (Å²) in [4.78, 5) is 11.7. The summed E-state index contributed by atoms with van der Waals surface area (Å²) >= 11 is 0. The normalized spacial score (nSPS) is 11.2. The third kappa shape index (κ3) is 4.14. The number of phenols is 2. The molecular formula is C17H14O3. The van der Waals surface area contributed by atoms with Gasteiger partial charge in [-0.15, -0.1) is 0 Å². The summed E-state index contributed by atoms with van der Waals surface area (Å²) in [6, 6.07) is 13.3. The number of hydrogen-bond donors (Lipinski definition) is 2. The molecule has 3 heteroatoms. The average Bonchev–Trinajstić information content (AvgIpc) is 2.43. The Morgan fingerprint density at radius 3 is 1.65 bits per heavy atom. The molecule has 0 heterocycles. The molecule has 2 aromatic carbocycles. The number of carbonyl (C=O) groups excluding carboxylic acids is 1. The fraction of sp³-hybridized carbons (Fsp3) is 0. The van der Waals surface area contributed by atoms with Crippen LogP contribution in [0.1, 0.15) is 11.1 Å². The minimum absolute atomic E-state index is 0.162. The van der Waals surface area contributed by atoms with Crippen LogP contribution in [-0.2, 0) is 4.79 Å². The lowest BCUT2D eigenvalue weighted by molar-refractivity contribution is -0.110. The van der Waals surface area contributed by atoms with Crippen LogP contribution < -0.4 is 0 Å². The number of rotatable bonds is 4. The number of benzene rings is 2. The Bertz CT molecular complexity index is 612. The Balaban J connectivity index is 2.02. The molecule has 0 atom stereocenters. The summed E-state index contributed by atoms with van der Waals surface area (Å²) in [7, 11) is 0. The van der Waals surface area contributed by atoms with Gasteiger partial charge >= 0.3 is 0 Å². The van der Waals surface area contributed by atoms with Crippen LogP contribution in [0.25, 0.3) is 12.2 Å². The molecule has 0 unspecified atom stereocenters. The Labute approximate surface area is 117 Å². The van der Waals surface area contributed by atoms with Crippen molar-refractivity contribution in [1.29, 1.82) is 0 Å². The van der Waals surface area contributed by atoms with Gasteiger partial charge in [0.05, 0.1) is 0 Å². The second kappa shape index (κ2) is 6.38. The van der Waals surface area contributed by atoms with Gasteiger partial charge in [-0.2, -0.15) is 0 Å². The van der Waals surface area contributed by atoms with E-state index >= 15 is 0 Å². The van der Waals surface area contributed by atoms with E-state index in [1.54, 1.807) is 60.7 Å². The molecule has 0 saturated heterocycles. The van der Waals surface area contributed by atoms with Crippen molar-refractivity contribution in [3.05, 3.63) is 71.8 Å². The number of hydrogen-bond acceptors (Lipinski definition) is 3. The van der Waals surface area contributed by atoms with Gasteiger partial charge in [0.25, 0.3) is 0 Å². The Kier molecular flexibility index (Phi) is 4.35. The molecule has 0 radical (unpaired) electrons. The predicted molar refractivity (Wildman–Crippen MR) is 79.3 cm³/mol. The molecule has 0 bridgehead atoms. The lowest BCUT2D eigenvalue weighted by Crippen LogP contribution is -1.84. The second-order valence-electron chi connectivity index (χ2n) is 4.26. The van der Waals surface area contributed by atoms with Gasteiger partial charge in [-0.3, -0.25) is 4.79 Å². The predicted octanol–water partition coefficient (Wildman–Crippen LogP) is 3.39. The van der Waals surface area contributed by atoms with Crippen molar-refractivity contribution >= 4 is 17.9 Å². The molecule has 0 aliphatic carbocycles. The lowest BCUT2D eigenvalue weighted by Gasteiger charge is -1.94. The third-order valence-electron chi connectivity index (χ3n) is 2.62. The summed E-state index contributed by atoms with van der Waals surface area (Å²) in [5.41, 5.74) is 1.51. The molecule has 2 aromatic rings. The number of allylic oxidation sites excluding steroid dienone is 2. The zero-order valence-electron chi connectivity index (χ0n) is 10.7. The first-order valence-corrected chi connectivity index (χ1v) is 6.12. The topological polar surface area (TPSA) is 57.5 Å². The smallest absolute Gasteiger partial charge is 0.178 e. The highest BCUT2D eigenvalue weighted by Gasteiger charge is 1.93. The van der Waals surface area contributed by atoms with Gasteiger partial charge in [0.1, 0.15) is 11.5 Å². The van der Waals surface area contributed by atoms with Crippen LogP contribution in [0, 0.1) is 0 Å². The summed E-state index contributed by atoms with van der Waals surface area (Å²) in [6.07, 6.45) is 6.12. The van der Waals surface area contributed by atoms with Gasteiger partial charge in [0.15, 0.2) is 5.78 Å². The molecule has 3 nitrogen and oxygen atoms in total. The highest BCUT2D eigenvalue weighted by Crippen LogP contribution is 2.13. The first kappa shape index (κ1) is 13.6. The van der Waals surface area contributed by atoms with Gasteiger partial charge in [-0.25, -0.2) is 0 Å². The molecule has 0 saturated carbocycles. The van der Waals surface area contributed by atoms with Crippen molar-refractivity contribution < 1.29 is 15.0 Å². The van der Waals surface area contributed by atoms with Crippen LogP contribution >= 0.6 is 0 Å². The number of phenolic OH excluding ortho intramolecular Hbond substituents is 2. The minimum Gasteiger partial charge on any atom is -0.508 e. The zero-order chi connectivity index (χ0) is 14.4. The van der Waals surface area contributed by atoms with Crippen molar-refractivity contribution in [2.45, 2.75) is 0 Å². The fourth-order valence-electron chi connectivity index (χ4n) is 1.67. The van der Waals surface area contributed by atoms with E-state index in [9.17, 15) is 15.0 Å². The van der Waals surface area contributed by atoms with Gasteiger partial charge in [0.2, 0.25) is 0 Å². The quantitative estimate of drug-likeness (QED) is 0.834. The minimum atomic E-state index is -0.170. The number of ketones is 1. The molecule has 2 rings (SSSR count). The van der Waals surface area contributed by atoms with Crippen LogP contribution in [0.4, 0.5) is 0 Å². The zero-order valence-corrected chi connectivity index (χ0v) is 10.7. The molecule has 0 aliphatic heterocycles. The molecule has 0 spiro atoms. The molecule has 0 aromatic heterocycles. The van der Waals surface area contributed by atoms with Crippen molar-refractivity contribution in [3.63, 3.8) is 0 Å². The molecule has 2 N–H and O–H groups in total. The summed E-state index contributed by atoms with van der Waals surface area (Å²) in [5, 5.41) is 18.6. The van der Waals surface area contributed by atoms with E-state index < -0.39 is 0 Å². The molecule has 0 fully saturated rings. The van der Waals surface area contributed by atoms with Crippen LogP contribution in [0.3, 0.4) is 0 Å². The summed E-state index contributed by atoms with van der Waals surface area (Å²) in [6.45, 7) is 0. The van der Waals surface area contributed by atoms with Gasteiger partial charge < -0.3 is 10.2 Å². The Morgan fingerprint density at radius 2 is 1.25 bits per heavy atom. The largest absolute Gasteiger partial charge is 0.508 e. The Morgan fingerprint density at radius 1 is 0.800 bits per heavy atom. The van der Waals surface area contributed by atoms with E-state index in [1.165, 1.54) is 12.2 Å². The maximum atomic E-state index is 11.7. The SMILES string of the molecule is O=C(C=Cc1cccc(O)c1)/C=C/c1cccc(O)c1. The summed E-state index contributed by atoms with van der Waals surface area (Å²) in [5.74, 6) is 0.154. The average molecular weight is 266 g/mol. The van der Waals surface area contributed by atoms with E-state index in [2.05, 4.69) is 0 Å². The van der Waals surface area contributed by atoms with Gasteiger partial charge in [-0.1, -0.05) is 36.4 Å². The highest BCUT2D eigenvalue weighted by atomic mass is 16.3. The van der Waals surface area contributed by atoms with Crippen molar-refractivity contribution in [2.24, 2.45) is 0 Å². The number of aromatic hydroxyl groups is 2. The second-order valence-corrected chi connectivity index (χ2v) is 4.26. The van der Waals surface area contributed by atoms with Crippen LogP contribution in [0.5, 0.6) is 11.5 Å². The first-order chi connectivity index (χ1) is 9.63. The molecule has 0 aliphatic rings. The van der Waals surface area contributed by atoms with Crippen molar-refractivity contribution in [3.8, 4) is 11.5 Å². The van der Waals surface area contributed by atoms with Crippen molar-refractivity contribution in [1.82, 2.24) is 0 Å². The molecule has 0 amide bonds. The maximum absolute atomic E-state index is 11.7. The lowest BCUT2D eigenvalue weighted by atomic mass is 10.1. The van der Waals surface area contributed by atoms with Gasteiger partial charge in [0, 0.05) is 0 Å². The fourth-order valence-corrected chi connectivity index (χ4v) is 1.67. The van der Waals surface area contributed by atoms with E-state index in [-0.39, 0.29) is 17.3 Å². The molecular weight excluding hydrogens is 252 g/mol. The van der Waals surface area contributed by atoms with Crippen LogP contribution in [-0.4, -0.2) is 16.0 Å². The van der Waals surface area contributed by atoms with Crippen LogP contribution in [0.2, 0.25) is 0 Å². The van der Waals surface area contributed by atoms with Crippen LogP contribution in [0.15, 0.2) is 60.7 Å². The molecule has 100 valence electrons.